The number of pyridine rings is 3. The second kappa shape index (κ2) is 29.5. The first-order valence-corrected chi connectivity index (χ1v) is 31.0. The minimum atomic E-state index is -4.64. The molecule has 3 aromatic rings. The third kappa shape index (κ3) is 43.4. The summed E-state index contributed by atoms with van der Waals surface area (Å²) in [4.78, 5) is 43.9. The molecular weight excluding hydrogens is 908 g/mol. The summed E-state index contributed by atoms with van der Waals surface area (Å²) in [6.45, 7) is 36.5. The van der Waals surface area contributed by atoms with E-state index in [1.165, 1.54) is 16.8 Å². The number of ether oxygens (including phenoxy) is 2. The molecule has 0 aromatic carbocycles. The second-order valence-corrected chi connectivity index (χ2v) is 36.2. The van der Waals surface area contributed by atoms with Gasteiger partial charge in [0.05, 0.1) is 16.1 Å². The van der Waals surface area contributed by atoms with Crippen LogP contribution in [-0.2, 0) is 14.3 Å². The van der Waals surface area contributed by atoms with Crippen LogP contribution < -0.4 is 45.6 Å². The maximum absolute atomic E-state index is 11.5. The Morgan fingerprint density at radius 2 is 1.07 bits per heavy atom. The number of carbonyl (C=O) groups is 3. The van der Waals surface area contributed by atoms with Crippen LogP contribution >= 0.6 is 27.0 Å². The SMILES string of the molecule is CC(C)(C)OC(=O)Nc1ccc(Br)cn1.CC(C)(C)OC(=O)Nc1ccc([Si](C)(C)C)cn1.C[Si](C)(C)Cl.C[Si](C)(C)c1ccc(N)nc1.O=CC(F)(F)F.[CH2-]CCC.[Li+]. The monoisotopic (exact) mass is 974 g/mol. The number of unbranched alkanes of at least 4 members (excludes halogenated alkanes) is 1. The number of hydrogen-bond acceptors (Lipinski definition) is 9. The fourth-order valence-corrected chi connectivity index (χ4v) is 5.33. The maximum atomic E-state index is 11.5. The Morgan fingerprint density at radius 1 is 0.750 bits per heavy atom. The van der Waals surface area contributed by atoms with E-state index in [9.17, 15) is 22.8 Å². The van der Waals surface area contributed by atoms with Crippen LogP contribution in [0.1, 0.15) is 61.3 Å². The molecule has 0 radical (unpaired) electrons. The molecule has 0 atom stereocenters. The van der Waals surface area contributed by atoms with Crippen molar-refractivity contribution in [3.63, 3.8) is 0 Å². The third-order valence-corrected chi connectivity index (χ3v) is 10.3. The van der Waals surface area contributed by atoms with E-state index < -0.39 is 59.4 Å². The van der Waals surface area contributed by atoms with Crippen LogP contribution in [0.5, 0.6) is 0 Å². The van der Waals surface area contributed by atoms with Crippen LogP contribution in [0.3, 0.4) is 0 Å². The predicted octanol–water partition coefficient (Wildman–Crippen LogP) is 8.81. The molecule has 0 unspecified atom stereocenters. The molecule has 0 spiro atoms. The minimum absolute atomic E-state index is 0. The van der Waals surface area contributed by atoms with E-state index in [0.29, 0.717) is 17.5 Å². The largest absolute Gasteiger partial charge is 1.00 e. The van der Waals surface area contributed by atoms with Gasteiger partial charge in [-0.25, -0.2) is 24.5 Å². The van der Waals surface area contributed by atoms with Crippen molar-refractivity contribution < 1.29 is 55.9 Å². The molecule has 336 valence electrons. The number of hydrogen-bond donors (Lipinski definition) is 3. The fourth-order valence-electron chi connectivity index (χ4n) is 3.03. The Kier molecular flexibility index (Phi) is 31.5. The van der Waals surface area contributed by atoms with Gasteiger partial charge in [0, 0.05) is 23.1 Å². The van der Waals surface area contributed by atoms with Crippen LogP contribution in [0.25, 0.3) is 0 Å². The molecule has 11 nitrogen and oxygen atoms in total. The van der Waals surface area contributed by atoms with Gasteiger partial charge in [0.2, 0.25) is 6.29 Å². The van der Waals surface area contributed by atoms with Crippen molar-refractivity contribution in [2.24, 2.45) is 0 Å². The summed E-state index contributed by atoms with van der Waals surface area (Å²) in [5.41, 5.74) is 4.48. The summed E-state index contributed by atoms with van der Waals surface area (Å²) in [6.07, 6.45) is 0.924. The molecule has 3 rings (SSSR count). The van der Waals surface area contributed by atoms with Gasteiger partial charge in [0.1, 0.15) is 36.0 Å². The number of aromatic nitrogens is 3. The van der Waals surface area contributed by atoms with E-state index >= 15 is 0 Å². The van der Waals surface area contributed by atoms with Crippen molar-refractivity contribution in [1.82, 2.24) is 15.0 Å². The van der Waals surface area contributed by atoms with Gasteiger partial charge in [0.15, 0.2) is 0 Å². The molecule has 60 heavy (non-hydrogen) atoms. The van der Waals surface area contributed by atoms with Crippen LogP contribution in [-0.4, -0.2) is 74.3 Å². The molecule has 0 aliphatic carbocycles. The number of nitrogens with one attached hydrogen (secondary N) is 2. The van der Waals surface area contributed by atoms with Gasteiger partial charge in [-0.2, -0.15) is 30.7 Å². The Balaban J connectivity index is -0.000000337. The van der Waals surface area contributed by atoms with E-state index in [2.05, 4.69) is 120 Å². The summed E-state index contributed by atoms with van der Waals surface area (Å²) in [6, 6.07) is 11.3. The van der Waals surface area contributed by atoms with Gasteiger partial charge in [-0.15, -0.1) is 0 Å². The van der Waals surface area contributed by atoms with E-state index in [4.69, 9.17) is 31.1 Å². The van der Waals surface area contributed by atoms with Gasteiger partial charge < -0.3 is 22.1 Å². The predicted molar refractivity (Wildman–Crippen MR) is 252 cm³/mol. The topological polar surface area (TPSA) is 158 Å². The molecule has 2 amide bonds. The number of rotatable bonds is 5. The summed E-state index contributed by atoms with van der Waals surface area (Å²) in [7, 11) is -3.65. The summed E-state index contributed by atoms with van der Waals surface area (Å²) in [5, 5.41) is 7.77. The first-order valence-electron chi connectivity index (χ1n) is 18.7. The Morgan fingerprint density at radius 3 is 1.28 bits per heavy atom. The van der Waals surface area contributed by atoms with Gasteiger partial charge in [0.25, 0.3) is 0 Å². The zero-order chi connectivity index (χ0) is 47.1. The number of alkyl halides is 3. The van der Waals surface area contributed by atoms with E-state index in [-0.39, 0.29) is 18.9 Å². The number of nitrogen functional groups attached to an aromatic ring is 1. The van der Waals surface area contributed by atoms with Crippen molar-refractivity contribution in [3.05, 3.63) is 66.4 Å². The number of carbonyl (C=O) groups excluding carboxylic acids is 3. The first kappa shape index (κ1) is 63.9. The van der Waals surface area contributed by atoms with E-state index in [1.807, 2.05) is 72.1 Å². The van der Waals surface area contributed by atoms with Crippen molar-refractivity contribution >= 4 is 96.8 Å². The van der Waals surface area contributed by atoms with E-state index in [0.717, 1.165) is 10.9 Å². The molecule has 0 saturated carbocycles. The molecule has 3 heterocycles. The third-order valence-electron chi connectivity index (χ3n) is 5.75. The number of nitrogens with zero attached hydrogens (tertiary/aromatic N) is 3. The normalized spacial score (nSPS) is 11.1. The minimum Gasteiger partial charge on any atom is -0.444 e. The van der Waals surface area contributed by atoms with Crippen molar-refractivity contribution in [2.75, 3.05) is 16.4 Å². The van der Waals surface area contributed by atoms with Crippen molar-refractivity contribution in [3.8, 4) is 0 Å². The van der Waals surface area contributed by atoms with Crippen LogP contribution in [0.15, 0.2) is 59.5 Å². The summed E-state index contributed by atoms with van der Waals surface area (Å²) < 4.78 is 42.3. The van der Waals surface area contributed by atoms with Crippen LogP contribution in [0.2, 0.25) is 58.9 Å². The molecule has 0 bridgehead atoms. The van der Waals surface area contributed by atoms with Crippen molar-refractivity contribution in [1.29, 1.82) is 0 Å². The number of halogens is 5. The van der Waals surface area contributed by atoms with Crippen LogP contribution in [0.4, 0.5) is 40.2 Å². The summed E-state index contributed by atoms with van der Waals surface area (Å²) >= 11 is 8.92. The zero-order valence-electron chi connectivity index (χ0n) is 38.7. The first-order chi connectivity index (χ1) is 26.4. The smallest absolute Gasteiger partial charge is 0.444 e. The number of anilines is 3. The maximum Gasteiger partial charge on any atom is 1.00 e. The Labute approximate surface area is 385 Å². The number of amides is 2. The molecular formula is C40H68BrClF3LiN6O5Si3. The molecule has 3 aromatic heterocycles. The van der Waals surface area contributed by atoms with Gasteiger partial charge in [-0.05, 0) is 92.1 Å². The van der Waals surface area contributed by atoms with Crippen molar-refractivity contribution in [2.45, 2.75) is 138 Å². The standard InChI is InChI=1S/C13H22N2O2Si.C10H13BrN2O2.C8H14N2Si.C4H9.C3H9ClSi.C2HF3O.Li/c1-13(2,3)17-12(16)15-11-8-7-10(9-14-11)18(4,5)6;1-10(2,3)15-9(14)13-8-5-4-7(11)6-12-8;1-11(2,3)7-4-5-8(9)10-6-7;1-3-4-2;1-5(2,3)4;3-2(4,5)1-6;/h7-9H,1-6H3,(H,14,15,16);4-6H,1-3H3,(H,12,13,14);4-6H,1-3H3,(H2,9,10);1,3-4H2,2H3;1-3H3;1H;/q;;;-1;;;+1. The van der Waals surface area contributed by atoms with Gasteiger partial charge in [-0.3, -0.25) is 15.4 Å². The summed E-state index contributed by atoms with van der Waals surface area (Å²) in [5.74, 6) is 1.59. The molecule has 4 N–H and O–H groups in total. The molecule has 0 saturated heterocycles. The Bertz CT molecular complexity index is 1630. The number of nitrogens with two attached hydrogens (primary N) is 1. The Hall–Kier alpha value is -2.73. The number of aldehydes is 1. The molecule has 0 aliphatic rings. The quantitative estimate of drug-likeness (QED) is 0.0984. The molecule has 0 fully saturated rings. The van der Waals surface area contributed by atoms with Crippen LogP contribution in [0, 0.1) is 6.92 Å². The molecule has 0 aliphatic heterocycles. The average Bonchev–Trinajstić information content (AvgIpc) is 3.03. The average molecular weight is 977 g/mol. The van der Waals surface area contributed by atoms with Gasteiger partial charge in [-0.1, -0.05) is 84.4 Å². The van der Waals surface area contributed by atoms with E-state index in [1.54, 1.807) is 18.3 Å². The molecule has 20 heteroatoms. The van der Waals surface area contributed by atoms with Gasteiger partial charge >= 0.3 is 37.2 Å². The second-order valence-electron chi connectivity index (χ2n) is 17.6. The zero-order valence-corrected chi connectivity index (χ0v) is 44.1. The fraction of sp³-hybridized carbons (Fsp3) is 0.525.